The quantitative estimate of drug-likeness (QED) is 0.412. The van der Waals surface area contributed by atoms with E-state index in [-0.39, 0.29) is 52.9 Å². The average molecular weight is 659 g/mol. The summed E-state index contributed by atoms with van der Waals surface area (Å²) in [4.78, 5) is 27.5. The van der Waals surface area contributed by atoms with E-state index < -0.39 is 74.7 Å². The Bertz CT molecular complexity index is 1570. The fourth-order valence-corrected chi connectivity index (χ4v) is 9.10. The maximum Gasteiger partial charge on any atom is 0.435 e. The van der Waals surface area contributed by atoms with Crippen LogP contribution in [0.4, 0.5) is 35.1 Å². The molecule has 2 saturated heterocycles. The van der Waals surface area contributed by atoms with Gasteiger partial charge in [-0.15, -0.1) is 0 Å². The molecule has 0 aromatic heterocycles. The second-order valence-electron chi connectivity index (χ2n) is 10.9. The first-order chi connectivity index (χ1) is 19.8. The number of likely N-dealkylation sites (N-methyl/N-ethyl adjacent to an activating group) is 1. The lowest BCUT2D eigenvalue weighted by Gasteiger charge is -2.43. The largest absolute Gasteiger partial charge is 0.435 e. The van der Waals surface area contributed by atoms with Crippen molar-refractivity contribution in [3.8, 4) is 0 Å². The Kier molecular flexibility index (Phi) is 7.35. The van der Waals surface area contributed by atoms with Gasteiger partial charge >= 0.3 is 18.0 Å². The maximum absolute atomic E-state index is 15.0. The number of fused-ring (bicyclic) bond motifs is 3. The number of likely N-dealkylation sites (tertiary alicyclic amines) is 2. The number of aryl methyl sites for hydroxylation is 1. The van der Waals surface area contributed by atoms with Crippen LogP contribution in [-0.4, -0.2) is 74.2 Å². The van der Waals surface area contributed by atoms with E-state index in [2.05, 4.69) is 0 Å². The molecular formula is C27H23ClF8N2O4S. The highest BCUT2D eigenvalue weighted by Crippen LogP contribution is 2.57. The number of carbonyl (C=O) groups is 2. The van der Waals surface area contributed by atoms with E-state index in [1.165, 1.54) is 36.2 Å². The summed E-state index contributed by atoms with van der Waals surface area (Å²) in [5.74, 6) is -1.67. The maximum atomic E-state index is 15.0. The van der Waals surface area contributed by atoms with Crippen molar-refractivity contribution in [1.82, 2.24) is 9.80 Å². The Labute approximate surface area is 245 Å². The Morgan fingerprint density at radius 3 is 2.14 bits per heavy atom. The van der Waals surface area contributed by atoms with Crippen LogP contribution in [0.5, 0.6) is 0 Å². The van der Waals surface area contributed by atoms with Gasteiger partial charge in [-0.2, -0.15) is 26.3 Å². The number of amides is 2. The van der Waals surface area contributed by atoms with Gasteiger partial charge < -0.3 is 9.80 Å². The molecule has 2 heterocycles. The van der Waals surface area contributed by atoms with Crippen molar-refractivity contribution in [2.45, 2.75) is 71.6 Å². The van der Waals surface area contributed by atoms with Crippen LogP contribution in [0.2, 0.25) is 5.02 Å². The van der Waals surface area contributed by atoms with Crippen LogP contribution in [0.25, 0.3) is 0 Å². The molecular weight excluding hydrogens is 636 g/mol. The topological polar surface area (TPSA) is 74.8 Å². The van der Waals surface area contributed by atoms with E-state index >= 15 is 0 Å². The van der Waals surface area contributed by atoms with Gasteiger partial charge in [-0.3, -0.25) is 9.59 Å². The van der Waals surface area contributed by atoms with Crippen molar-refractivity contribution >= 4 is 33.3 Å². The summed E-state index contributed by atoms with van der Waals surface area (Å²) in [5, 5.41) is 0.179. The molecule has 16 heteroatoms. The van der Waals surface area contributed by atoms with Crippen LogP contribution in [0.1, 0.15) is 36.0 Å². The molecule has 0 saturated carbocycles. The molecule has 2 fully saturated rings. The Morgan fingerprint density at radius 1 is 1.00 bits per heavy atom. The van der Waals surface area contributed by atoms with Crippen LogP contribution >= 0.6 is 11.6 Å². The third-order valence-corrected chi connectivity index (χ3v) is 11.6. The van der Waals surface area contributed by atoms with Crippen LogP contribution < -0.4 is 0 Å². The fourth-order valence-electron chi connectivity index (χ4n) is 6.61. The first-order valence-electron chi connectivity index (χ1n) is 13.0. The van der Waals surface area contributed by atoms with Crippen LogP contribution in [0.3, 0.4) is 0 Å². The van der Waals surface area contributed by atoms with Crippen molar-refractivity contribution in [2.24, 2.45) is 0 Å². The second kappa shape index (κ2) is 10.0. The second-order valence-corrected chi connectivity index (χ2v) is 13.5. The van der Waals surface area contributed by atoms with E-state index in [4.69, 9.17) is 11.6 Å². The number of sulfone groups is 1. The van der Waals surface area contributed by atoms with Crippen LogP contribution in [0, 0.1) is 0 Å². The summed E-state index contributed by atoms with van der Waals surface area (Å²) in [7, 11) is -3.34. The molecule has 4 atom stereocenters. The number of carbonyl (C=O) groups excluding carboxylic acids is 2. The number of hydrogen-bond donors (Lipinski definition) is 0. The summed E-state index contributed by atoms with van der Waals surface area (Å²) in [6.45, 7) is -0.231. The molecule has 2 unspecified atom stereocenters. The lowest BCUT2D eigenvalue weighted by Crippen LogP contribution is -2.55. The number of rotatable bonds is 4. The molecule has 234 valence electrons. The van der Waals surface area contributed by atoms with E-state index in [1.54, 1.807) is 0 Å². The third-order valence-electron chi connectivity index (χ3n) is 8.75. The molecule has 43 heavy (non-hydrogen) atoms. The molecule has 0 bridgehead atoms. The minimum atomic E-state index is -6.38. The number of benzene rings is 2. The van der Waals surface area contributed by atoms with Gasteiger partial charge in [-0.1, -0.05) is 29.8 Å². The van der Waals surface area contributed by atoms with Crippen molar-refractivity contribution < 1.29 is 53.1 Å². The van der Waals surface area contributed by atoms with Gasteiger partial charge in [0.25, 0.3) is 5.91 Å². The highest BCUT2D eigenvalue weighted by atomic mass is 35.5. The summed E-state index contributed by atoms with van der Waals surface area (Å²) in [5.41, 5.74) is -7.92. The molecule has 6 nitrogen and oxygen atoms in total. The van der Waals surface area contributed by atoms with Gasteiger partial charge in [0.15, 0.2) is 16.0 Å². The Morgan fingerprint density at radius 2 is 1.60 bits per heavy atom. The first kappa shape index (κ1) is 31.5. The van der Waals surface area contributed by atoms with Crippen LogP contribution in [0.15, 0.2) is 47.4 Å². The molecule has 2 aromatic rings. The van der Waals surface area contributed by atoms with Gasteiger partial charge in [0.05, 0.1) is 10.9 Å². The fraction of sp³-hybridized carbons (Fsp3) is 0.481. The standard InChI is InChI=1S/C27H23ClF8N2O4S/c1-37-20(13-19(29)22(37)39)23(40)38-11-10-24(43(41,42)17-6-4-16(28)5-7-17)18-8-3-15(12-14(18)2-9-21(24)38)25(30,26(31,32)33)27(34,35)36/h3-8,12,19-21H,2,9-11,13H2,1H3/t19-,20-,21?,24?/m0/s1. The molecule has 1 aliphatic carbocycles. The molecule has 2 aromatic carbocycles. The van der Waals surface area contributed by atoms with Crippen LogP contribution in [-0.2, 0) is 36.3 Å². The van der Waals surface area contributed by atoms with Crippen molar-refractivity contribution in [3.05, 3.63) is 64.2 Å². The average Bonchev–Trinajstić information content (AvgIpc) is 3.45. The summed E-state index contributed by atoms with van der Waals surface area (Å²) in [6, 6.07) is 3.85. The third kappa shape index (κ3) is 4.43. The lowest BCUT2D eigenvalue weighted by molar-refractivity contribution is -0.348. The normalized spacial score (nSPS) is 26.5. The molecule has 3 aliphatic rings. The summed E-state index contributed by atoms with van der Waals surface area (Å²) in [6.07, 6.45) is -16.0. The molecule has 0 radical (unpaired) electrons. The van der Waals surface area contributed by atoms with Crippen molar-refractivity contribution in [1.29, 1.82) is 0 Å². The number of hydrogen-bond acceptors (Lipinski definition) is 4. The molecule has 2 aliphatic heterocycles. The zero-order chi connectivity index (χ0) is 31.9. The summed E-state index contributed by atoms with van der Waals surface area (Å²) >= 11 is 5.92. The van der Waals surface area contributed by atoms with E-state index in [1.807, 2.05) is 0 Å². The van der Waals surface area contributed by atoms with E-state index in [9.17, 15) is 53.1 Å². The number of halogens is 9. The van der Waals surface area contributed by atoms with Crippen molar-refractivity contribution in [3.63, 3.8) is 0 Å². The van der Waals surface area contributed by atoms with Gasteiger partial charge in [0.1, 0.15) is 10.8 Å². The lowest BCUT2D eigenvalue weighted by atomic mass is 9.76. The van der Waals surface area contributed by atoms with Gasteiger partial charge in [-0.05, 0) is 54.7 Å². The molecule has 0 N–H and O–H groups in total. The zero-order valence-corrected chi connectivity index (χ0v) is 23.7. The minimum Gasteiger partial charge on any atom is -0.336 e. The number of alkyl halides is 8. The predicted molar refractivity (Wildman–Crippen MR) is 136 cm³/mol. The first-order valence-corrected chi connectivity index (χ1v) is 14.8. The SMILES string of the molecule is CN1C(=O)[C@@H](F)C[C@H]1C(=O)N1CCC2(S(=O)(=O)c3ccc(Cl)cc3)c3ccc(C(F)(C(F)(F)F)C(F)(F)F)cc3CCC12. The van der Waals surface area contributed by atoms with Gasteiger partial charge in [-0.25, -0.2) is 17.2 Å². The van der Waals surface area contributed by atoms with Gasteiger partial charge in [0.2, 0.25) is 5.91 Å². The monoisotopic (exact) mass is 658 g/mol. The zero-order valence-electron chi connectivity index (χ0n) is 22.1. The molecule has 5 rings (SSSR count). The highest BCUT2D eigenvalue weighted by molar-refractivity contribution is 7.92. The van der Waals surface area contributed by atoms with Crippen molar-refractivity contribution in [2.75, 3.05) is 13.6 Å². The molecule has 2 amide bonds. The number of nitrogens with zero attached hydrogens (tertiary/aromatic N) is 2. The van der Waals surface area contributed by atoms with E-state index in [0.717, 1.165) is 11.0 Å². The smallest absolute Gasteiger partial charge is 0.336 e. The van der Waals surface area contributed by atoms with E-state index in [0.29, 0.717) is 6.07 Å². The predicted octanol–water partition coefficient (Wildman–Crippen LogP) is 5.41. The Hall–Kier alpha value is -2.94. The Balaban J connectivity index is 1.68. The molecule has 0 spiro atoms. The minimum absolute atomic E-state index is 0.177. The van der Waals surface area contributed by atoms with Gasteiger partial charge in [0, 0.05) is 30.6 Å². The highest BCUT2D eigenvalue weighted by Gasteiger charge is 2.74. The summed E-state index contributed by atoms with van der Waals surface area (Å²) < 4.78 is 137.